The van der Waals surface area contributed by atoms with Gasteiger partial charge in [0.25, 0.3) is 0 Å². The van der Waals surface area contributed by atoms with Gasteiger partial charge in [0.2, 0.25) is 0 Å². The molecule has 0 radical (unpaired) electrons. The lowest BCUT2D eigenvalue weighted by molar-refractivity contribution is 0.267. The minimum atomic E-state index is 0. The molecule has 3 rings (SSSR count). The van der Waals surface area contributed by atoms with Gasteiger partial charge in [0.05, 0.1) is 19.9 Å². The molecule has 0 saturated heterocycles. The lowest BCUT2D eigenvalue weighted by Crippen LogP contribution is -2.23. The van der Waals surface area contributed by atoms with E-state index >= 15 is 0 Å². The minimum Gasteiger partial charge on any atom is -0.494 e. The van der Waals surface area contributed by atoms with E-state index in [2.05, 4.69) is 28.5 Å². The Kier molecular flexibility index (Phi) is 7.62. The maximum absolute atomic E-state index is 5.98. The highest BCUT2D eigenvalue weighted by atomic mass is 35.5. The van der Waals surface area contributed by atoms with Crippen molar-refractivity contribution < 1.29 is 9.47 Å². The first-order valence-electron chi connectivity index (χ1n) is 7.23. The SMILES string of the molecule is CNC[C@@H]1CCOc2c(-c3ccncc3OC)cccc21.Cl.Cl. The number of methoxy groups -OCH3 is 1. The number of nitrogens with one attached hydrogen (secondary N) is 1. The lowest BCUT2D eigenvalue weighted by atomic mass is 9.89. The van der Waals surface area contributed by atoms with E-state index in [0.717, 1.165) is 42.2 Å². The molecule has 126 valence electrons. The van der Waals surface area contributed by atoms with Gasteiger partial charge in [0, 0.05) is 29.8 Å². The minimum absolute atomic E-state index is 0. The number of ether oxygens (including phenoxy) is 2. The first-order valence-corrected chi connectivity index (χ1v) is 7.23. The summed E-state index contributed by atoms with van der Waals surface area (Å²) in [6.45, 7) is 1.72. The van der Waals surface area contributed by atoms with Gasteiger partial charge < -0.3 is 14.8 Å². The maximum Gasteiger partial charge on any atom is 0.145 e. The highest BCUT2D eigenvalue weighted by Gasteiger charge is 2.24. The predicted octanol–water partition coefficient (Wildman–Crippen LogP) is 3.69. The van der Waals surface area contributed by atoms with Crippen LogP contribution in [0.1, 0.15) is 17.9 Å². The predicted molar refractivity (Wildman–Crippen MR) is 97.5 cm³/mol. The molecule has 0 saturated carbocycles. The van der Waals surface area contributed by atoms with E-state index in [1.165, 1.54) is 5.56 Å². The van der Waals surface area contributed by atoms with E-state index in [1.54, 1.807) is 19.5 Å². The summed E-state index contributed by atoms with van der Waals surface area (Å²) < 4.78 is 11.4. The topological polar surface area (TPSA) is 43.4 Å². The Labute approximate surface area is 149 Å². The van der Waals surface area contributed by atoms with Crippen LogP contribution in [0.3, 0.4) is 0 Å². The Hall–Kier alpha value is -1.49. The third kappa shape index (κ3) is 3.89. The number of fused-ring (bicyclic) bond motifs is 1. The number of hydrogen-bond donors (Lipinski definition) is 1. The molecule has 1 aliphatic rings. The molecular weight excluding hydrogens is 335 g/mol. The van der Waals surface area contributed by atoms with Gasteiger partial charge in [0.1, 0.15) is 11.5 Å². The molecule has 6 heteroatoms. The van der Waals surface area contributed by atoms with E-state index in [1.807, 2.05) is 13.1 Å². The summed E-state index contributed by atoms with van der Waals surface area (Å²) in [5, 5.41) is 3.27. The molecule has 0 aliphatic carbocycles. The third-order valence-corrected chi connectivity index (χ3v) is 3.94. The zero-order chi connectivity index (χ0) is 14.7. The number of likely N-dealkylation sites (N-methyl/N-ethyl adjacent to an activating group) is 1. The van der Waals surface area contributed by atoms with Crippen molar-refractivity contribution >= 4 is 24.8 Å². The number of benzene rings is 1. The molecule has 2 heterocycles. The van der Waals surface area contributed by atoms with Crippen molar-refractivity contribution in [2.75, 3.05) is 27.3 Å². The Morgan fingerprint density at radius 3 is 2.83 bits per heavy atom. The summed E-state index contributed by atoms with van der Waals surface area (Å²) >= 11 is 0. The standard InChI is InChI=1S/C17H20N2O2.2ClH/c1-18-10-12-7-9-21-17-13(12)4-3-5-15(17)14-6-8-19-11-16(14)20-2;;/h3-6,8,11-12,18H,7,9-10H2,1-2H3;2*1H/t12-;;/m0../s1. The monoisotopic (exact) mass is 356 g/mol. The van der Waals surface area contributed by atoms with E-state index in [4.69, 9.17) is 9.47 Å². The van der Waals surface area contributed by atoms with Crippen LogP contribution >= 0.6 is 24.8 Å². The molecule has 1 N–H and O–H groups in total. The van der Waals surface area contributed by atoms with E-state index in [0.29, 0.717) is 5.92 Å². The van der Waals surface area contributed by atoms with Gasteiger partial charge >= 0.3 is 0 Å². The molecule has 1 aromatic carbocycles. The van der Waals surface area contributed by atoms with Gasteiger partial charge in [-0.05, 0) is 25.1 Å². The summed E-state index contributed by atoms with van der Waals surface area (Å²) in [4.78, 5) is 4.12. The largest absolute Gasteiger partial charge is 0.494 e. The Bertz CT molecular complexity index is 638. The van der Waals surface area contributed by atoms with Crippen LogP contribution in [0.15, 0.2) is 36.7 Å². The van der Waals surface area contributed by atoms with E-state index in [-0.39, 0.29) is 24.8 Å². The average molecular weight is 357 g/mol. The molecule has 1 aliphatic heterocycles. The summed E-state index contributed by atoms with van der Waals surface area (Å²) in [6.07, 6.45) is 4.57. The van der Waals surface area contributed by atoms with Crippen molar-refractivity contribution in [2.45, 2.75) is 12.3 Å². The van der Waals surface area contributed by atoms with Crippen LogP contribution in [0.5, 0.6) is 11.5 Å². The first-order chi connectivity index (χ1) is 10.3. The van der Waals surface area contributed by atoms with Crippen molar-refractivity contribution in [2.24, 2.45) is 0 Å². The second kappa shape index (κ2) is 8.96. The van der Waals surface area contributed by atoms with E-state index < -0.39 is 0 Å². The molecule has 23 heavy (non-hydrogen) atoms. The van der Waals surface area contributed by atoms with Crippen LogP contribution in [0, 0.1) is 0 Å². The third-order valence-electron chi connectivity index (χ3n) is 3.94. The number of rotatable bonds is 4. The Morgan fingerprint density at radius 2 is 2.09 bits per heavy atom. The molecule has 0 amide bonds. The van der Waals surface area contributed by atoms with Crippen LogP contribution < -0.4 is 14.8 Å². The van der Waals surface area contributed by atoms with Crippen LogP contribution in [0.25, 0.3) is 11.1 Å². The zero-order valence-corrected chi connectivity index (χ0v) is 14.9. The molecule has 0 bridgehead atoms. The van der Waals surface area contributed by atoms with Gasteiger partial charge in [-0.3, -0.25) is 4.98 Å². The van der Waals surface area contributed by atoms with Gasteiger partial charge in [-0.15, -0.1) is 24.8 Å². The fourth-order valence-electron chi connectivity index (χ4n) is 2.93. The van der Waals surface area contributed by atoms with Crippen molar-refractivity contribution in [3.63, 3.8) is 0 Å². The van der Waals surface area contributed by atoms with Gasteiger partial charge in [0.15, 0.2) is 0 Å². The number of para-hydroxylation sites is 1. The molecule has 2 aromatic rings. The average Bonchev–Trinajstić information content (AvgIpc) is 2.55. The van der Waals surface area contributed by atoms with Crippen molar-refractivity contribution in [3.05, 3.63) is 42.2 Å². The Balaban J connectivity index is 0.00000132. The molecule has 0 fully saturated rings. The highest BCUT2D eigenvalue weighted by molar-refractivity contribution is 5.85. The highest BCUT2D eigenvalue weighted by Crippen LogP contribution is 2.43. The first kappa shape index (κ1) is 19.6. The number of hydrogen-bond acceptors (Lipinski definition) is 4. The lowest BCUT2D eigenvalue weighted by Gasteiger charge is -2.28. The summed E-state index contributed by atoms with van der Waals surface area (Å²) in [5.41, 5.74) is 3.37. The zero-order valence-electron chi connectivity index (χ0n) is 13.2. The van der Waals surface area contributed by atoms with Gasteiger partial charge in [-0.25, -0.2) is 0 Å². The number of nitrogens with zero attached hydrogens (tertiary/aromatic N) is 1. The van der Waals surface area contributed by atoms with Crippen LogP contribution in [0.2, 0.25) is 0 Å². The summed E-state index contributed by atoms with van der Waals surface area (Å²) in [5.74, 6) is 2.24. The molecule has 1 atom stereocenters. The molecule has 1 aromatic heterocycles. The van der Waals surface area contributed by atoms with Crippen LogP contribution in [-0.4, -0.2) is 32.3 Å². The number of aromatic nitrogens is 1. The number of pyridine rings is 1. The fourth-order valence-corrected chi connectivity index (χ4v) is 2.93. The fraction of sp³-hybridized carbons (Fsp3) is 0.353. The van der Waals surface area contributed by atoms with Crippen molar-refractivity contribution in [1.29, 1.82) is 0 Å². The van der Waals surface area contributed by atoms with Crippen molar-refractivity contribution in [1.82, 2.24) is 10.3 Å². The second-order valence-corrected chi connectivity index (χ2v) is 5.19. The maximum atomic E-state index is 5.98. The van der Waals surface area contributed by atoms with Crippen LogP contribution in [-0.2, 0) is 0 Å². The quantitative estimate of drug-likeness (QED) is 0.907. The van der Waals surface area contributed by atoms with Gasteiger partial charge in [-0.1, -0.05) is 18.2 Å². The molecule has 0 spiro atoms. The van der Waals surface area contributed by atoms with Gasteiger partial charge in [-0.2, -0.15) is 0 Å². The smallest absolute Gasteiger partial charge is 0.145 e. The molecule has 0 unspecified atom stereocenters. The second-order valence-electron chi connectivity index (χ2n) is 5.19. The van der Waals surface area contributed by atoms with Crippen LogP contribution in [0.4, 0.5) is 0 Å². The summed E-state index contributed by atoms with van der Waals surface area (Å²) in [6, 6.07) is 8.30. The molecular formula is C17H22Cl2N2O2. The number of halogens is 2. The normalized spacial score (nSPS) is 15.5. The molecule has 4 nitrogen and oxygen atoms in total. The summed E-state index contributed by atoms with van der Waals surface area (Å²) in [7, 11) is 3.66. The Morgan fingerprint density at radius 1 is 1.26 bits per heavy atom. The van der Waals surface area contributed by atoms with E-state index in [9.17, 15) is 0 Å². The van der Waals surface area contributed by atoms with Crippen molar-refractivity contribution in [3.8, 4) is 22.6 Å².